The van der Waals surface area contributed by atoms with Crippen LogP contribution in [0.5, 0.6) is 5.88 Å². The molecule has 0 saturated carbocycles. The first-order valence-corrected chi connectivity index (χ1v) is 15.2. The summed E-state index contributed by atoms with van der Waals surface area (Å²) in [4.78, 5) is 21.7. The summed E-state index contributed by atoms with van der Waals surface area (Å²) in [7, 11) is 1.35. The molecule has 46 heavy (non-hydrogen) atoms. The molecule has 0 aliphatic carbocycles. The molecule has 2 bridgehead atoms. The molecule has 8 nitrogen and oxygen atoms in total. The molecule has 2 aliphatic heterocycles. The van der Waals surface area contributed by atoms with Gasteiger partial charge in [-0.2, -0.15) is 5.26 Å². The lowest BCUT2D eigenvalue weighted by molar-refractivity contribution is 0.000839. The summed E-state index contributed by atoms with van der Waals surface area (Å²) in [6.45, 7) is 0.499. The Morgan fingerprint density at radius 3 is 2.54 bits per heavy atom. The van der Waals surface area contributed by atoms with Crippen LogP contribution < -0.4 is 4.74 Å². The van der Waals surface area contributed by atoms with E-state index in [1.165, 1.54) is 25.3 Å². The predicted octanol–water partition coefficient (Wildman–Crippen LogP) is 6.92. The standard InChI is InChI=1S/C36H30F2N4O4/c1-44-35(43)25-9-10-31-32(17-25)42(21-36-13-11-27(46-36)12-14-36)33(40-31)18-23-7-8-24(16-29(23)38)30-3-2-4-34(41-30)45-20-26-6-5-22(19-39)15-28(26)37/h2-10,15-17,27H,11-14,18,20-21H2,1H3. The Morgan fingerprint density at radius 1 is 1.02 bits per heavy atom. The maximum Gasteiger partial charge on any atom is 0.337 e. The number of hydrogen-bond acceptors (Lipinski definition) is 7. The van der Waals surface area contributed by atoms with E-state index in [2.05, 4.69) is 9.55 Å². The Balaban J connectivity index is 1.14. The number of nitrogens with zero attached hydrogens (tertiary/aromatic N) is 4. The highest BCUT2D eigenvalue weighted by atomic mass is 19.1. The van der Waals surface area contributed by atoms with Crippen molar-refractivity contribution in [3.05, 3.63) is 113 Å². The Hall–Kier alpha value is -5.14. The van der Waals surface area contributed by atoms with Crippen LogP contribution in [0.15, 0.2) is 72.8 Å². The first-order valence-electron chi connectivity index (χ1n) is 15.2. The van der Waals surface area contributed by atoms with Crippen molar-refractivity contribution in [3.63, 3.8) is 0 Å². The van der Waals surface area contributed by atoms with Gasteiger partial charge < -0.3 is 18.8 Å². The average molecular weight is 621 g/mol. The van der Waals surface area contributed by atoms with Crippen LogP contribution in [0.4, 0.5) is 8.78 Å². The highest BCUT2D eigenvalue weighted by molar-refractivity contribution is 5.93. The van der Waals surface area contributed by atoms with Gasteiger partial charge in [-0.3, -0.25) is 0 Å². The quantitative estimate of drug-likeness (QED) is 0.165. The molecule has 7 rings (SSSR count). The van der Waals surface area contributed by atoms with Gasteiger partial charge >= 0.3 is 5.97 Å². The molecule has 2 fully saturated rings. The second-order valence-electron chi connectivity index (χ2n) is 11.9. The van der Waals surface area contributed by atoms with Crippen LogP contribution in [0.3, 0.4) is 0 Å². The number of nitriles is 1. The van der Waals surface area contributed by atoms with E-state index in [-0.39, 0.29) is 36.2 Å². The van der Waals surface area contributed by atoms with E-state index in [1.54, 1.807) is 48.5 Å². The first kappa shape index (κ1) is 29.6. The van der Waals surface area contributed by atoms with E-state index in [0.29, 0.717) is 45.8 Å². The van der Waals surface area contributed by atoms with E-state index in [9.17, 15) is 9.18 Å². The zero-order valence-electron chi connectivity index (χ0n) is 25.1. The van der Waals surface area contributed by atoms with Gasteiger partial charge in [0.15, 0.2) is 0 Å². The maximum atomic E-state index is 15.7. The molecule has 0 unspecified atom stereocenters. The summed E-state index contributed by atoms with van der Waals surface area (Å²) in [5, 5.41) is 8.95. The molecule has 0 amide bonds. The molecule has 3 aromatic carbocycles. The highest BCUT2D eigenvalue weighted by Gasteiger charge is 2.46. The zero-order valence-corrected chi connectivity index (χ0v) is 25.1. The molecule has 0 atom stereocenters. The van der Waals surface area contributed by atoms with Gasteiger partial charge in [0.2, 0.25) is 5.88 Å². The predicted molar refractivity (Wildman–Crippen MR) is 165 cm³/mol. The summed E-state index contributed by atoms with van der Waals surface area (Å²) in [6.07, 6.45) is 4.48. The largest absolute Gasteiger partial charge is 0.473 e. The molecule has 5 aromatic rings. The lowest BCUT2D eigenvalue weighted by Crippen LogP contribution is -2.31. The topological polar surface area (TPSA) is 99.3 Å². The molecule has 0 radical (unpaired) electrons. The minimum absolute atomic E-state index is 0.0730. The fraction of sp³-hybridized carbons (Fsp3) is 0.278. The molecule has 10 heteroatoms. The number of hydrogen-bond donors (Lipinski definition) is 0. The van der Waals surface area contributed by atoms with Crippen LogP contribution in [-0.2, 0) is 29.0 Å². The number of imidazole rings is 1. The van der Waals surface area contributed by atoms with Crippen molar-refractivity contribution < 1.29 is 27.8 Å². The van der Waals surface area contributed by atoms with E-state index >= 15 is 4.39 Å². The molecular formula is C36H30F2N4O4. The first-order chi connectivity index (χ1) is 22.3. The summed E-state index contributed by atoms with van der Waals surface area (Å²) < 4.78 is 49.1. The summed E-state index contributed by atoms with van der Waals surface area (Å²) >= 11 is 0. The second kappa shape index (κ2) is 12.0. The van der Waals surface area contributed by atoms with Crippen LogP contribution in [0.2, 0.25) is 0 Å². The number of aromatic nitrogens is 3. The van der Waals surface area contributed by atoms with E-state index in [1.807, 2.05) is 6.07 Å². The fourth-order valence-corrected chi connectivity index (χ4v) is 6.48. The van der Waals surface area contributed by atoms with Crippen LogP contribution in [0.1, 0.15) is 58.6 Å². The van der Waals surface area contributed by atoms with Gasteiger partial charge in [-0.05, 0) is 73.7 Å². The van der Waals surface area contributed by atoms with Gasteiger partial charge in [0.25, 0.3) is 0 Å². The van der Waals surface area contributed by atoms with E-state index in [0.717, 1.165) is 37.3 Å². The smallest absolute Gasteiger partial charge is 0.337 e. The van der Waals surface area contributed by atoms with Crippen LogP contribution in [0, 0.1) is 23.0 Å². The number of fused-ring (bicyclic) bond motifs is 3. The average Bonchev–Trinajstić information content (AvgIpc) is 3.78. The second-order valence-corrected chi connectivity index (χ2v) is 11.9. The number of carbonyl (C=O) groups excluding carboxylic acids is 1. The van der Waals surface area contributed by atoms with Crippen molar-refractivity contribution in [2.75, 3.05) is 7.11 Å². The van der Waals surface area contributed by atoms with Crippen molar-refractivity contribution in [1.29, 1.82) is 5.26 Å². The number of halogens is 2. The molecule has 2 aliphatic rings. The Labute approximate surface area is 264 Å². The van der Waals surface area contributed by atoms with Gasteiger partial charge in [0.05, 0.1) is 59.3 Å². The van der Waals surface area contributed by atoms with E-state index < -0.39 is 17.6 Å². The number of rotatable bonds is 9. The Kier molecular flexibility index (Phi) is 7.70. The normalized spacial score (nSPS) is 18.5. The van der Waals surface area contributed by atoms with Gasteiger partial charge in [-0.25, -0.2) is 23.5 Å². The minimum Gasteiger partial charge on any atom is -0.473 e. The summed E-state index contributed by atoms with van der Waals surface area (Å²) in [5.41, 5.74) is 3.67. The number of esters is 1. The summed E-state index contributed by atoms with van der Waals surface area (Å²) in [6, 6.07) is 21.4. The monoisotopic (exact) mass is 620 g/mol. The third-order valence-electron chi connectivity index (χ3n) is 8.93. The summed E-state index contributed by atoms with van der Waals surface area (Å²) in [5.74, 6) is -0.434. The number of benzene rings is 3. The van der Waals surface area contributed by atoms with Crippen molar-refractivity contribution >= 4 is 17.0 Å². The molecule has 4 heterocycles. The lowest BCUT2D eigenvalue weighted by Gasteiger charge is -2.26. The molecule has 2 saturated heterocycles. The molecule has 0 spiro atoms. The van der Waals surface area contributed by atoms with Gasteiger partial charge in [-0.15, -0.1) is 0 Å². The SMILES string of the molecule is COC(=O)c1ccc2nc(Cc3ccc(-c4cccc(OCc5ccc(C#N)cc5F)n4)cc3F)n(CC34CCC(CC3)O4)c2c1. The van der Waals surface area contributed by atoms with Gasteiger partial charge in [0.1, 0.15) is 24.1 Å². The van der Waals surface area contributed by atoms with Gasteiger partial charge in [-0.1, -0.05) is 24.3 Å². The highest BCUT2D eigenvalue weighted by Crippen LogP contribution is 2.45. The molecular weight excluding hydrogens is 590 g/mol. The Bertz CT molecular complexity index is 2010. The minimum atomic E-state index is -0.534. The van der Waals surface area contributed by atoms with Crippen LogP contribution in [-0.4, -0.2) is 39.3 Å². The fourth-order valence-electron chi connectivity index (χ4n) is 6.48. The molecule has 0 N–H and O–H groups in total. The number of methoxy groups -OCH3 is 1. The van der Waals surface area contributed by atoms with Gasteiger partial charge in [0, 0.05) is 23.6 Å². The third kappa shape index (κ3) is 5.70. The Morgan fingerprint density at radius 2 is 1.83 bits per heavy atom. The van der Waals surface area contributed by atoms with Crippen molar-refractivity contribution in [3.8, 4) is 23.2 Å². The number of carbonyl (C=O) groups is 1. The number of ether oxygens (including phenoxy) is 3. The van der Waals surface area contributed by atoms with Crippen molar-refractivity contribution in [1.82, 2.24) is 14.5 Å². The van der Waals surface area contributed by atoms with E-state index in [4.69, 9.17) is 24.5 Å². The van der Waals surface area contributed by atoms with Crippen LogP contribution in [0.25, 0.3) is 22.3 Å². The van der Waals surface area contributed by atoms with Crippen molar-refractivity contribution in [2.45, 2.75) is 57.0 Å². The lowest BCUT2D eigenvalue weighted by atomic mass is 9.88. The van der Waals surface area contributed by atoms with Crippen molar-refractivity contribution in [2.24, 2.45) is 0 Å². The third-order valence-corrected chi connectivity index (χ3v) is 8.93. The maximum absolute atomic E-state index is 15.7. The molecule has 232 valence electrons. The number of pyridine rings is 1. The van der Waals surface area contributed by atoms with Crippen LogP contribution >= 0.6 is 0 Å². The zero-order chi connectivity index (χ0) is 31.8. The molecule has 2 aromatic heterocycles.